The Hall–Kier alpha value is -3.04. The first kappa shape index (κ1) is 20.7. The molecule has 0 spiro atoms. The van der Waals surface area contributed by atoms with Crippen molar-refractivity contribution in [3.8, 4) is 0 Å². The van der Waals surface area contributed by atoms with E-state index in [-0.39, 0.29) is 29.6 Å². The van der Waals surface area contributed by atoms with Gasteiger partial charge in [-0.2, -0.15) is 0 Å². The van der Waals surface area contributed by atoms with Crippen LogP contribution in [0.15, 0.2) is 10.9 Å². The molecule has 2 aromatic rings. The minimum atomic E-state index is -1.17. The Morgan fingerprint density at radius 3 is 2.48 bits per heavy atom. The first-order chi connectivity index (χ1) is 13.4. The molecule has 1 aliphatic heterocycles. The standard InChI is InChI=1S/C19H27N5O5/c1-10-9-24(18(28)29-19(3,4)5)11(2)8-23(10)12-7-13(25)20-15-14(12)21-16(17(26)27)22(15)6/h7,10-11H,8-9H2,1-6H3,(H,20,25)(H,26,27)/t10-,11+/m0/s1. The van der Waals surface area contributed by atoms with Crippen molar-refractivity contribution in [2.24, 2.45) is 7.05 Å². The number of carboxylic acids is 1. The van der Waals surface area contributed by atoms with Crippen LogP contribution in [-0.4, -0.2) is 67.4 Å². The van der Waals surface area contributed by atoms with Crippen LogP contribution in [0.4, 0.5) is 10.5 Å². The minimum Gasteiger partial charge on any atom is -0.475 e. The van der Waals surface area contributed by atoms with Gasteiger partial charge in [-0.05, 0) is 34.6 Å². The number of fused-ring (bicyclic) bond motifs is 1. The molecule has 3 rings (SSSR count). The van der Waals surface area contributed by atoms with Crippen LogP contribution < -0.4 is 10.5 Å². The number of aryl methyl sites for hydroxylation is 1. The van der Waals surface area contributed by atoms with Crippen LogP contribution in [-0.2, 0) is 11.8 Å². The molecule has 29 heavy (non-hydrogen) atoms. The number of aromatic carboxylic acids is 1. The lowest BCUT2D eigenvalue weighted by Crippen LogP contribution is -2.59. The normalized spacial score (nSPS) is 20.2. The third kappa shape index (κ3) is 3.92. The van der Waals surface area contributed by atoms with Crippen LogP contribution in [0.2, 0.25) is 0 Å². The van der Waals surface area contributed by atoms with Crippen molar-refractivity contribution in [1.82, 2.24) is 19.4 Å². The molecular weight excluding hydrogens is 378 g/mol. The molecule has 0 bridgehead atoms. The summed E-state index contributed by atoms with van der Waals surface area (Å²) in [6.07, 6.45) is -0.376. The van der Waals surface area contributed by atoms with E-state index in [1.165, 1.54) is 10.6 Å². The number of anilines is 1. The number of rotatable bonds is 2. The number of H-pyrrole nitrogens is 1. The van der Waals surface area contributed by atoms with Gasteiger partial charge in [0.15, 0.2) is 0 Å². The molecule has 0 aliphatic carbocycles. The Morgan fingerprint density at radius 2 is 1.90 bits per heavy atom. The minimum absolute atomic E-state index is 0.126. The fourth-order valence-corrected chi connectivity index (χ4v) is 3.61. The van der Waals surface area contributed by atoms with E-state index in [0.29, 0.717) is 29.9 Å². The van der Waals surface area contributed by atoms with E-state index < -0.39 is 11.6 Å². The number of carboxylic acid groups (broad SMARTS) is 1. The summed E-state index contributed by atoms with van der Waals surface area (Å²) in [6.45, 7) is 10.2. The van der Waals surface area contributed by atoms with E-state index in [4.69, 9.17) is 4.74 Å². The Bertz CT molecular complexity index is 1020. The van der Waals surface area contributed by atoms with Crippen LogP contribution in [0.25, 0.3) is 11.2 Å². The number of ether oxygens (including phenoxy) is 1. The van der Waals surface area contributed by atoms with E-state index >= 15 is 0 Å². The number of hydrogen-bond acceptors (Lipinski definition) is 6. The van der Waals surface area contributed by atoms with Gasteiger partial charge in [0.2, 0.25) is 5.82 Å². The number of aromatic amines is 1. The highest BCUT2D eigenvalue weighted by Crippen LogP contribution is 2.29. The third-order valence-electron chi connectivity index (χ3n) is 4.96. The van der Waals surface area contributed by atoms with E-state index in [0.717, 1.165) is 0 Å². The van der Waals surface area contributed by atoms with Gasteiger partial charge in [-0.15, -0.1) is 0 Å². The zero-order chi connectivity index (χ0) is 21.7. The largest absolute Gasteiger partial charge is 0.475 e. The first-order valence-corrected chi connectivity index (χ1v) is 9.48. The molecule has 0 radical (unpaired) electrons. The summed E-state index contributed by atoms with van der Waals surface area (Å²) in [7, 11) is 1.55. The van der Waals surface area contributed by atoms with Crippen molar-refractivity contribution < 1.29 is 19.4 Å². The van der Waals surface area contributed by atoms with Gasteiger partial charge in [0.1, 0.15) is 16.8 Å². The third-order valence-corrected chi connectivity index (χ3v) is 4.96. The number of nitrogens with one attached hydrogen (secondary N) is 1. The van der Waals surface area contributed by atoms with Crippen LogP contribution >= 0.6 is 0 Å². The van der Waals surface area contributed by atoms with E-state index in [2.05, 4.69) is 9.97 Å². The smallest absolute Gasteiger partial charge is 0.410 e. The fourth-order valence-electron chi connectivity index (χ4n) is 3.61. The lowest BCUT2D eigenvalue weighted by atomic mass is 10.1. The number of carbonyl (C=O) groups is 2. The summed E-state index contributed by atoms with van der Waals surface area (Å²) in [5.41, 5.74) is 0.377. The Kier molecular flexibility index (Phi) is 5.06. The number of amides is 1. The summed E-state index contributed by atoms with van der Waals surface area (Å²) in [6, 6.07) is 1.13. The SMILES string of the molecule is C[C@@H]1CN(c2cc(=O)[nH]c3c2nc(C(=O)O)n3C)[C@@H](C)CN1C(=O)OC(C)(C)C. The van der Waals surface area contributed by atoms with Gasteiger partial charge in [0.25, 0.3) is 5.56 Å². The maximum atomic E-state index is 12.6. The molecule has 3 heterocycles. The molecule has 1 amide bonds. The summed E-state index contributed by atoms with van der Waals surface area (Å²) in [5, 5.41) is 9.37. The Morgan fingerprint density at radius 1 is 1.24 bits per heavy atom. The second-order valence-corrected chi connectivity index (χ2v) is 8.50. The van der Waals surface area contributed by atoms with Crippen molar-refractivity contribution >= 4 is 28.9 Å². The van der Waals surface area contributed by atoms with Crippen LogP contribution in [0, 0.1) is 0 Å². The average Bonchev–Trinajstić information content (AvgIpc) is 2.91. The van der Waals surface area contributed by atoms with Gasteiger partial charge >= 0.3 is 12.1 Å². The van der Waals surface area contributed by atoms with E-state index in [1.54, 1.807) is 11.9 Å². The van der Waals surface area contributed by atoms with E-state index in [1.807, 2.05) is 39.5 Å². The number of nitrogens with zero attached hydrogens (tertiary/aromatic N) is 4. The van der Waals surface area contributed by atoms with Crippen molar-refractivity contribution in [1.29, 1.82) is 0 Å². The van der Waals surface area contributed by atoms with Crippen LogP contribution in [0.1, 0.15) is 45.2 Å². The molecular formula is C19H27N5O5. The van der Waals surface area contributed by atoms with Gasteiger partial charge in [-0.25, -0.2) is 14.6 Å². The highest BCUT2D eigenvalue weighted by Gasteiger charge is 2.36. The number of hydrogen-bond donors (Lipinski definition) is 2. The highest BCUT2D eigenvalue weighted by molar-refractivity contribution is 5.93. The zero-order valence-electron chi connectivity index (χ0n) is 17.5. The highest BCUT2D eigenvalue weighted by atomic mass is 16.6. The number of aromatic nitrogens is 3. The van der Waals surface area contributed by atoms with Gasteiger partial charge in [0, 0.05) is 38.3 Å². The quantitative estimate of drug-likeness (QED) is 0.781. The summed E-state index contributed by atoms with van der Waals surface area (Å²) >= 11 is 0. The molecule has 10 heteroatoms. The maximum Gasteiger partial charge on any atom is 0.410 e. The number of carbonyl (C=O) groups excluding carboxylic acids is 1. The van der Waals surface area contributed by atoms with Crippen molar-refractivity contribution in [2.45, 2.75) is 52.3 Å². The number of imidazole rings is 1. The molecule has 0 saturated carbocycles. The fraction of sp³-hybridized carbons (Fsp3) is 0.579. The average molecular weight is 405 g/mol. The van der Waals surface area contributed by atoms with Crippen LogP contribution in [0.5, 0.6) is 0 Å². The van der Waals surface area contributed by atoms with Crippen LogP contribution in [0.3, 0.4) is 0 Å². The second-order valence-electron chi connectivity index (χ2n) is 8.50. The molecule has 0 unspecified atom stereocenters. The van der Waals surface area contributed by atoms with Gasteiger partial charge in [-0.3, -0.25) is 4.79 Å². The van der Waals surface area contributed by atoms with Gasteiger partial charge in [-0.1, -0.05) is 0 Å². The Labute approximate surface area is 168 Å². The summed E-state index contributed by atoms with van der Waals surface area (Å²) in [5.74, 6) is -1.33. The van der Waals surface area contributed by atoms with Crippen molar-refractivity contribution in [3.05, 3.63) is 22.2 Å². The number of pyridine rings is 1. The molecule has 1 saturated heterocycles. The number of piperazine rings is 1. The molecule has 2 N–H and O–H groups in total. The van der Waals surface area contributed by atoms with Crippen molar-refractivity contribution in [3.63, 3.8) is 0 Å². The zero-order valence-corrected chi connectivity index (χ0v) is 17.5. The molecule has 1 aliphatic rings. The molecule has 2 aromatic heterocycles. The maximum absolute atomic E-state index is 12.6. The molecule has 2 atom stereocenters. The lowest BCUT2D eigenvalue weighted by Gasteiger charge is -2.45. The lowest BCUT2D eigenvalue weighted by molar-refractivity contribution is 0.0130. The second kappa shape index (κ2) is 7.09. The molecule has 0 aromatic carbocycles. The van der Waals surface area contributed by atoms with Crippen molar-refractivity contribution in [2.75, 3.05) is 18.0 Å². The monoisotopic (exact) mass is 405 g/mol. The predicted octanol–water partition coefficient (Wildman–Crippen LogP) is 1.79. The van der Waals surface area contributed by atoms with Gasteiger partial charge < -0.3 is 29.2 Å². The predicted molar refractivity (Wildman–Crippen MR) is 108 cm³/mol. The summed E-state index contributed by atoms with van der Waals surface area (Å²) < 4.78 is 6.86. The molecule has 1 fully saturated rings. The molecule has 10 nitrogen and oxygen atoms in total. The topological polar surface area (TPSA) is 121 Å². The van der Waals surface area contributed by atoms with E-state index in [9.17, 15) is 19.5 Å². The molecule has 158 valence electrons. The first-order valence-electron chi connectivity index (χ1n) is 9.48. The van der Waals surface area contributed by atoms with Gasteiger partial charge in [0.05, 0.1) is 5.69 Å². The Balaban J connectivity index is 1.97. The summed E-state index contributed by atoms with van der Waals surface area (Å²) in [4.78, 5) is 46.8.